The predicted molar refractivity (Wildman–Crippen MR) is 81.6 cm³/mol. The molecule has 0 unspecified atom stereocenters. The van der Waals surface area contributed by atoms with E-state index in [1.165, 1.54) is 11.0 Å². The minimum absolute atomic E-state index is 0. The highest BCUT2D eigenvalue weighted by Crippen LogP contribution is 2.38. The highest BCUT2D eigenvalue weighted by Gasteiger charge is 2.38. The Kier molecular flexibility index (Phi) is 7.22. The van der Waals surface area contributed by atoms with Gasteiger partial charge in [-0.05, 0) is 23.8 Å². The van der Waals surface area contributed by atoms with Crippen molar-refractivity contribution < 1.29 is 26.3 Å². The summed E-state index contributed by atoms with van der Waals surface area (Å²) >= 11 is 5.70. The minimum atomic E-state index is -4.66. The first-order valence-corrected chi connectivity index (χ1v) is 7.33. The summed E-state index contributed by atoms with van der Waals surface area (Å²) in [5.74, 6) is 0. The van der Waals surface area contributed by atoms with Gasteiger partial charge >= 0.3 is 12.4 Å². The van der Waals surface area contributed by atoms with E-state index in [1.807, 2.05) is 0 Å². The third kappa shape index (κ3) is 5.98. The second kappa shape index (κ2) is 8.12. The van der Waals surface area contributed by atoms with E-state index in [4.69, 9.17) is 11.6 Å². The Morgan fingerprint density at radius 3 is 2.12 bits per heavy atom. The topological polar surface area (TPSA) is 15.3 Å². The van der Waals surface area contributed by atoms with Crippen molar-refractivity contribution in [2.75, 3.05) is 26.2 Å². The molecule has 1 atom stereocenters. The highest BCUT2D eigenvalue weighted by atomic mass is 35.5. The molecule has 1 N–H and O–H groups in total. The molecule has 1 aliphatic heterocycles. The predicted octanol–water partition coefficient (Wildman–Crippen LogP) is 4.68. The quantitative estimate of drug-likeness (QED) is 0.746. The highest BCUT2D eigenvalue weighted by molar-refractivity contribution is 6.30. The molecule has 0 bridgehead atoms. The normalized spacial score (nSPS) is 18.1. The van der Waals surface area contributed by atoms with Crippen molar-refractivity contribution in [3.8, 4) is 0 Å². The van der Waals surface area contributed by atoms with Crippen LogP contribution < -0.4 is 5.32 Å². The summed E-state index contributed by atoms with van der Waals surface area (Å²) in [5, 5.41) is 2.78. The summed E-state index contributed by atoms with van der Waals surface area (Å²) in [7, 11) is 0. The molecule has 1 aromatic rings. The first kappa shape index (κ1) is 21.3. The van der Waals surface area contributed by atoms with E-state index < -0.39 is 30.4 Å². The third-order valence-corrected chi connectivity index (χ3v) is 3.87. The average Bonchev–Trinajstić information content (AvgIpc) is 2.43. The van der Waals surface area contributed by atoms with Crippen molar-refractivity contribution in [1.82, 2.24) is 10.2 Å². The van der Waals surface area contributed by atoms with Gasteiger partial charge in [0.25, 0.3) is 0 Å². The van der Waals surface area contributed by atoms with Gasteiger partial charge in [-0.15, -0.1) is 12.4 Å². The molecule has 0 saturated carbocycles. The van der Waals surface area contributed by atoms with E-state index in [2.05, 4.69) is 5.32 Å². The van der Waals surface area contributed by atoms with Crippen LogP contribution in [0.1, 0.15) is 23.6 Å². The Bertz CT molecular complexity index is 541. The van der Waals surface area contributed by atoms with Gasteiger partial charge in [0, 0.05) is 37.2 Å². The number of benzene rings is 1. The van der Waals surface area contributed by atoms with Crippen LogP contribution in [0, 0.1) is 0 Å². The summed E-state index contributed by atoms with van der Waals surface area (Å²) in [6, 6.07) is 1.46. The van der Waals surface area contributed by atoms with Crippen LogP contribution in [0.5, 0.6) is 0 Å². The smallest absolute Gasteiger partial charge is 0.314 e. The van der Waals surface area contributed by atoms with Crippen LogP contribution in [0.4, 0.5) is 26.3 Å². The third-order valence-electron chi connectivity index (χ3n) is 3.65. The van der Waals surface area contributed by atoms with Crippen molar-refractivity contribution in [3.05, 3.63) is 34.3 Å². The van der Waals surface area contributed by atoms with E-state index in [9.17, 15) is 26.3 Å². The molecule has 1 fully saturated rings. The van der Waals surface area contributed by atoms with E-state index in [-0.39, 0.29) is 23.0 Å². The fraction of sp³-hybridized carbons (Fsp3) is 0.571. The Hall–Kier alpha value is -0.700. The number of halogens is 8. The number of piperazine rings is 1. The molecular weight excluding hydrogens is 381 g/mol. The molecule has 1 aromatic carbocycles. The lowest BCUT2D eigenvalue weighted by Gasteiger charge is -2.36. The molecule has 0 spiro atoms. The maximum Gasteiger partial charge on any atom is 0.416 e. The number of nitrogens with zero attached hydrogens (tertiary/aromatic N) is 1. The fourth-order valence-corrected chi connectivity index (χ4v) is 2.88. The molecule has 138 valence electrons. The van der Waals surface area contributed by atoms with Crippen LogP contribution >= 0.6 is 24.0 Å². The van der Waals surface area contributed by atoms with Crippen LogP contribution in [0.3, 0.4) is 0 Å². The lowest BCUT2D eigenvalue weighted by molar-refractivity contribution is -0.148. The maximum absolute atomic E-state index is 12.9. The fourth-order valence-electron chi connectivity index (χ4n) is 2.64. The largest absolute Gasteiger partial charge is 0.416 e. The molecule has 1 heterocycles. The molecule has 2 rings (SSSR count). The summed E-state index contributed by atoms with van der Waals surface area (Å²) in [6.07, 6.45) is -10.4. The van der Waals surface area contributed by atoms with Crippen LogP contribution in [0.2, 0.25) is 5.02 Å². The zero-order valence-electron chi connectivity index (χ0n) is 12.3. The van der Waals surface area contributed by atoms with Crippen LogP contribution in [-0.4, -0.2) is 37.3 Å². The Balaban J connectivity index is 0.00000288. The molecule has 0 amide bonds. The summed E-state index contributed by atoms with van der Waals surface area (Å²) in [4.78, 5) is 1.54. The van der Waals surface area contributed by atoms with Crippen molar-refractivity contribution in [2.45, 2.75) is 24.8 Å². The van der Waals surface area contributed by atoms with E-state index in [0.717, 1.165) is 6.07 Å². The Labute approximate surface area is 146 Å². The van der Waals surface area contributed by atoms with Crippen molar-refractivity contribution in [3.63, 3.8) is 0 Å². The minimum Gasteiger partial charge on any atom is -0.314 e. The molecule has 1 aliphatic rings. The average molecular weight is 397 g/mol. The van der Waals surface area contributed by atoms with Gasteiger partial charge in [0.05, 0.1) is 12.0 Å². The first-order valence-electron chi connectivity index (χ1n) is 6.95. The molecule has 24 heavy (non-hydrogen) atoms. The van der Waals surface area contributed by atoms with E-state index >= 15 is 0 Å². The molecule has 1 saturated heterocycles. The monoisotopic (exact) mass is 396 g/mol. The Morgan fingerprint density at radius 2 is 1.62 bits per heavy atom. The molecule has 0 aromatic heterocycles. The van der Waals surface area contributed by atoms with E-state index in [1.54, 1.807) is 0 Å². The molecule has 10 heteroatoms. The van der Waals surface area contributed by atoms with Gasteiger partial charge in [0.1, 0.15) is 0 Å². The zero-order chi connectivity index (χ0) is 17.3. The molecule has 2 nitrogen and oxygen atoms in total. The van der Waals surface area contributed by atoms with E-state index in [0.29, 0.717) is 32.2 Å². The molecule has 0 aliphatic carbocycles. The summed E-state index contributed by atoms with van der Waals surface area (Å²) in [5.41, 5.74) is -1.11. The SMILES string of the molecule is Cl.FC(F)(F)C[C@H](c1cc(Cl)cc(C(F)(F)F)c1)N1CCNCC1. The van der Waals surface area contributed by atoms with Crippen molar-refractivity contribution >= 4 is 24.0 Å². The van der Waals surface area contributed by atoms with Gasteiger partial charge in [0.2, 0.25) is 0 Å². The second-order valence-corrected chi connectivity index (χ2v) is 5.83. The van der Waals surface area contributed by atoms with Gasteiger partial charge in [-0.1, -0.05) is 11.6 Å². The van der Waals surface area contributed by atoms with Gasteiger partial charge in [-0.3, -0.25) is 4.90 Å². The van der Waals surface area contributed by atoms with Crippen LogP contribution in [0.25, 0.3) is 0 Å². The number of rotatable bonds is 3. The Morgan fingerprint density at radius 1 is 1.04 bits per heavy atom. The van der Waals surface area contributed by atoms with Crippen LogP contribution in [0.15, 0.2) is 18.2 Å². The van der Waals surface area contributed by atoms with Gasteiger partial charge in [0.15, 0.2) is 0 Å². The first-order chi connectivity index (χ1) is 10.6. The number of hydrogen-bond donors (Lipinski definition) is 1. The van der Waals surface area contributed by atoms with Crippen LogP contribution in [-0.2, 0) is 6.18 Å². The lowest BCUT2D eigenvalue weighted by Crippen LogP contribution is -2.46. The zero-order valence-corrected chi connectivity index (χ0v) is 13.9. The maximum atomic E-state index is 12.9. The summed E-state index contributed by atoms with van der Waals surface area (Å²) < 4.78 is 77.3. The lowest BCUT2D eigenvalue weighted by atomic mass is 9.98. The molecular formula is C14H16Cl2F6N2. The molecule has 0 radical (unpaired) electrons. The van der Waals surface area contributed by atoms with Crippen molar-refractivity contribution in [1.29, 1.82) is 0 Å². The number of alkyl halides is 6. The summed E-state index contributed by atoms with van der Waals surface area (Å²) in [6.45, 7) is 1.63. The number of nitrogens with one attached hydrogen (secondary N) is 1. The standard InChI is InChI=1S/C14H15ClF6N2.ClH/c15-11-6-9(5-10(7-11)14(19,20)21)12(8-13(16,17)18)23-3-1-22-2-4-23;/h5-7,12,22H,1-4,8H2;1H/t12-;/m1./s1. The van der Waals surface area contributed by atoms with Gasteiger partial charge in [-0.2, -0.15) is 26.3 Å². The van der Waals surface area contributed by atoms with Gasteiger partial charge in [-0.25, -0.2) is 0 Å². The van der Waals surface area contributed by atoms with Crippen molar-refractivity contribution in [2.24, 2.45) is 0 Å². The van der Waals surface area contributed by atoms with Gasteiger partial charge < -0.3 is 5.32 Å². The second-order valence-electron chi connectivity index (χ2n) is 5.39. The number of hydrogen-bond acceptors (Lipinski definition) is 2.